The highest BCUT2D eigenvalue weighted by molar-refractivity contribution is 9.10. The van der Waals surface area contributed by atoms with Gasteiger partial charge in [0.2, 0.25) is 5.91 Å². The number of amides is 3. The number of imide groups is 1. The Morgan fingerprint density at radius 2 is 1.81 bits per heavy atom. The molecule has 0 atom stereocenters. The predicted octanol–water partition coefficient (Wildman–Crippen LogP) is 2.24. The Labute approximate surface area is 165 Å². The lowest BCUT2D eigenvalue weighted by atomic mass is 9.97. The van der Waals surface area contributed by atoms with Crippen LogP contribution in [0.4, 0.5) is 0 Å². The lowest BCUT2D eigenvalue weighted by molar-refractivity contribution is -0.148. The van der Waals surface area contributed by atoms with E-state index in [2.05, 4.69) is 15.9 Å². The molecular formula is C19H21BrN2O5. The van der Waals surface area contributed by atoms with Crippen LogP contribution in [0.5, 0.6) is 0 Å². The number of nitrogens with zero attached hydrogens (tertiary/aromatic N) is 2. The van der Waals surface area contributed by atoms with E-state index in [4.69, 9.17) is 4.74 Å². The summed E-state index contributed by atoms with van der Waals surface area (Å²) in [6, 6.07) is 5.01. The summed E-state index contributed by atoms with van der Waals surface area (Å²) >= 11 is 3.30. The van der Waals surface area contributed by atoms with E-state index >= 15 is 0 Å². The summed E-state index contributed by atoms with van der Waals surface area (Å²) in [5, 5.41) is 0. The lowest BCUT2D eigenvalue weighted by Gasteiger charge is -2.30. The quantitative estimate of drug-likeness (QED) is 0.521. The molecule has 1 fully saturated rings. The normalized spacial score (nSPS) is 17.3. The fourth-order valence-corrected chi connectivity index (χ4v) is 3.90. The molecular weight excluding hydrogens is 416 g/mol. The van der Waals surface area contributed by atoms with Crippen molar-refractivity contribution in [1.82, 2.24) is 9.80 Å². The molecule has 2 aliphatic heterocycles. The molecule has 0 bridgehead atoms. The van der Waals surface area contributed by atoms with Crippen LogP contribution >= 0.6 is 15.9 Å². The summed E-state index contributed by atoms with van der Waals surface area (Å²) in [5.74, 6) is -1.01. The average molecular weight is 437 g/mol. The van der Waals surface area contributed by atoms with Crippen LogP contribution in [-0.2, 0) is 14.3 Å². The standard InChI is InChI=1S/C19H21BrN2O5/c1-27-19(26)12-6-9-21(10-7-12)16(23)3-2-8-22-17(24)14-5-4-13(20)11-15(14)18(22)25/h4-5,11-12H,2-3,6-10H2,1H3. The predicted molar refractivity (Wildman–Crippen MR) is 100 cm³/mol. The summed E-state index contributed by atoms with van der Waals surface area (Å²) in [4.78, 5) is 51.6. The van der Waals surface area contributed by atoms with E-state index in [9.17, 15) is 19.2 Å². The number of likely N-dealkylation sites (tertiary alicyclic amines) is 1. The Bertz CT molecular complexity index is 786. The second-order valence-corrected chi connectivity index (χ2v) is 7.65. The maximum atomic E-state index is 12.4. The summed E-state index contributed by atoms with van der Waals surface area (Å²) in [6.45, 7) is 1.27. The van der Waals surface area contributed by atoms with Crippen LogP contribution in [0.2, 0.25) is 0 Å². The van der Waals surface area contributed by atoms with Gasteiger partial charge in [0.1, 0.15) is 0 Å². The molecule has 0 spiro atoms. The molecule has 27 heavy (non-hydrogen) atoms. The highest BCUT2D eigenvalue weighted by Crippen LogP contribution is 2.26. The van der Waals surface area contributed by atoms with Gasteiger partial charge in [0.25, 0.3) is 11.8 Å². The second kappa shape index (κ2) is 8.21. The number of carbonyl (C=O) groups excluding carboxylic acids is 4. The smallest absolute Gasteiger partial charge is 0.308 e. The minimum atomic E-state index is -0.317. The molecule has 2 heterocycles. The van der Waals surface area contributed by atoms with Crippen LogP contribution in [0.3, 0.4) is 0 Å². The average Bonchev–Trinajstić information content (AvgIpc) is 2.91. The van der Waals surface area contributed by atoms with Gasteiger partial charge in [-0.15, -0.1) is 0 Å². The van der Waals surface area contributed by atoms with Gasteiger partial charge < -0.3 is 9.64 Å². The minimum absolute atomic E-state index is 0.0160. The van der Waals surface area contributed by atoms with Crippen molar-refractivity contribution in [2.24, 2.45) is 5.92 Å². The second-order valence-electron chi connectivity index (χ2n) is 6.73. The van der Waals surface area contributed by atoms with Gasteiger partial charge in [-0.25, -0.2) is 0 Å². The van der Waals surface area contributed by atoms with Crippen molar-refractivity contribution < 1.29 is 23.9 Å². The Hall–Kier alpha value is -2.22. The van der Waals surface area contributed by atoms with Crippen LogP contribution in [0, 0.1) is 5.92 Å². The fourth-order valence-electron chi connectivity index (χ4n) is 3.54. The Kier molecular flexibility index (Phi) is 5.94. The third-order valence-electron chi connectivity index (χ3n) is 5.09. The molecule has 144 valence electrons. The van der Waals surface area contributed by atoms with Gasteiger partial charge in [0.15, 0.2) is 0 Å². The first-order valence-corrected chi connectivity index (χ1v) is 9.73. The van der Waals surface area contributed by atoms with Crippen molar-refractivity contribution in [1.29, 1.82) is 0 Å². The highest BCUT2D eigenvalue weighted by Gasteiger charge is 2.35. The van der Waals surface area contributed by atoms with E-state index in [1.165, 1.54) is 12.0 Å². The maximum absolute atomic E-state index is 12.4. The van der Waals surface area contributed by atoms with Crippen LogP contribution < -0.4 is 0 Å². The largest absolute Gasteiger partial charge is 0.469 e. The zero-order valence-electron chi connectivity index (χ0n) is 15.1. The molecule has 3 amide bonds. The van der Waals surface area contributed by atoms with E-state index in [0.717, 1.165) is 4.47 Å². The third kappa shape index (κ3) is 4.05. The molecule has 0 aliphatic carbocycles. The van der Waals surface area contributed by atoms with Crippen LogP contribution in [0.15, 0.2) is 22.7 Å². The molecule has 0 aromatic heterocycles. The molecule has 0 N–H and O–H groups in total. The van der Waals surface area contributed by atoms with E-state index in [1.54, 1.807) is 23.1 Å². The van der Waals surface area contributed by atoms with Crippen LogP contribution in [0.25, 0.3) is 0 Å². The number of piperidine rings is 1. The van der Waals surface area contributed by atoms with Crippen LogP contribution in [-0.4, -0.2) is 60.2 Å². The molecule has 3 rings (SSSR count). The van der Waals surface area contributed by atoms with Crippen molar-refractivity contribution in [2.75, 3.05) is 26.7 Å². The third-order valence-corrected chi connectivity index (χ3v) is 5.58. The summed E-state index contributed by atoms with van der Waals surface area (Å²) in [7, 11) is 1.37. The number of ether oxygens (including phenoxy) is 1. The monoisotopic (exact) mass is 436 g/mol. The Morgan fingerprint density at radius 3 is 2.48 bits per heavy atom. The van der Waals surface area contributed by atoms with Gasteiger partial charge >= 0.3 is 5.97 Å². The van der Waals surface area contributed by atoms with Crippen molar-refractivity contribution in [3.63, 3.8) is 0 Å². The van der Waals surface area contributed by atoms with Crippen molar-refractivity contribution in [3.05, 3.63) is 33.8 Å². The molecule has 7 nitrogen and oxygen atoms in total. The lowest BCUT2D eigenvalue weighted by Crippen LogP contribution is -2.40. The molecule has 8 heteroatoms. The Morgan fingerprint density at radius 1 is 1.15 bits per heavy atom. The van der Waals surface area contributed by atoms with Crippen molar-refractivity contribution >= 4 is 39.6 Å². The minimum Gasteiger partial charge on any atom is -0.469 e. The number of methoxy groups -OCH3 is 1. The number of esters is 1. The number of hydrogen-bond acceptors (Lipinski definition) is 5. The van der Waals surface area contributed by atoms with Gasteiger partial charge in [-0.1, -0.05) is 15.9 Å². The summed E-state index contributed by atoms with van der Waals surface area (Å²) in [5.41, 5.74) is 0.796. The van der Waals surface area contributed by atoms with Crippen molar-refractivity contribution in [2.45, 2.75) is 25.7 Å². The van der Waals surface area contributed by atoms with Crippen LogP contribution in [0.1, 0.15) is 46.4 Å². The molecule has 1 aromatic rings. The number of hydrogen-bond donors (Lipinski definition) is 0. The summed E-state index contributed by atoms with van der Waals surface area (Å²) in [6.07, 6.45) is 1.89. The van der Waals surface area contributed by atoms with E-state index < -0.39 is 0 Å². The van der Waals surface area contributed by atoms with E-state index in [-0.39, 0.29) is 42.6 Å². The number of rotatable bonds is 5. The number of fused-ring (bicyclic) bond motifs is 1. The zero-order valence-corrected chi connectivity index (χ0v) is 16.7. The SMILES string of the molecule is COC(=O)C1CCN(C(=O)CCCN2C(=O)c3ccc(Br)cc3C2=O)CC1. The molecule has 1 aromatic carbocycles. The number of halogens is 1. The van der Waals surface area contributed by atoms with Gasteiger partial charge in [-0.3, -0.25) is 24.1 Å². The van der Waals surface area contributed by atoms with Gasteiger partial charge in [0, 0.05) is 30.5 Å². The summed E-state index contributed by atoms with van der Waals surface area (Å²) < 4.78 is 5.49. The number of benzene rings is 1. The van der Waals surface area contributed by atoms with Gasteiger partial charge in [-0.05, 0) is 37.5 Å². The Balaban J connectivity index is 1.48. The molecule has 0 radical (unpaired) electrons. The topological polar surface area (TPSA) is 84.0 Å². The van der Waals surface area contributed by atoms with Gasteiger partial charge in [-0.2, -0.15) is 0 Å². The fraction of sp³-hybridized carbons (Fsp3) is 0.474. The molecule has 0 unspecified atom stereocenters. The zero-order chi connectivity index (χ0) is 19.6. The molecule has 0 saturated carbocycles. The first kappa shape index (κ1) is 19.5. The van der Waals surface area contributed by atoms with Crippen molar-refractivity contribution in [3.8, 4) is 0 Å². The molecule has 1 saturated heterocycles. The highest BCUT2D eigenvalue weighted by atomic mass is 79.9. The van der Waals surface area contributed by atoms with E-state index in [0.29, 0.717) is 43.5 Å². The first-order chi connectivity index (χ1) is 12.9. The number of carbonyl (C=O) groups is 4. The molecule has 2 aliphatic rings. The maximum Gasteiger partial charge on any atom is 0.308 e. The first-order valence-electron chi connectivity index (χ1n) is 8.93. The van der Waals surface area contributed by atoms with Gasteiger partial charge in [0.05, 0.1) is 24.2 Å². The van der Waals surface area contributed by atoms with E-state index in [1.807, 2.05) is 0 Å².